The summed E-state index contributed by atoms with van der Waals surface area (Å²) in [6, 6.07) is 12.5. The molecule has 23 heavy (non-hydrogen) atoms. The zero-order valence-electron chi connectivity index (χ0n) is 12.3. The fraction of sp³-hybridized carbons (Fsp3) is 0.0556. The van der Waals surface area contributed by atoms with Crippen molar-refractivity contribution in [2.24, 2.45) is 0 Å². The summed E-state index contributed by atoms with van der Waals surface area (Å²) in [5, 5.41) is 0.468. The first-order valence-corrected chi connectivity index (χ1v) is 7.08. The van der Waals surface area contributed by atoms with Gasteiger partial charge in [0.1, 0.15) is 5.75 Å². The van der Waals surface area contributed by atoms with Crippen LogP contribution in [0, 0.1) is 6.92 Å². The van der Waals surface area contributed by atoms with Crippen molar-refractivity contribution in [2.75, 3.05) is 0 Å². The summed E-state index contributed by atoms with van der Waals surface area (Å²) >= 11 is 5.72. The Morgan fingerprint density at radius 1 is 0.957 bits per heavy atom. The van der Waals surface area contributed by atoms with Gasteiger partial charge in [0.05, 0.1) is 5.57 Å². The lowest BCUT2D eigenvalue weighted by molar-refractivity contribution is -0.145. The molecule has 0 bridgehead atoms. The Bertz CT molecular complexity index is 774. The number of ether oxygens (including phenoxy) is 1. The van der Waals surface area contributed by atoms with E-state index in [1.54, 1.807) is 24.3 Å². The van der Waals surface area contributed by atoms with Crippen LogP contribution in [0.4, 0.5) is 0 Å². The highest BCUT2D eigenvalue weighted by molar-refractivity contribution is 6.49. The Morgan fingerprint density at radius 3 is 2.09 bits per heavy atom. The van der Waals surface area contributed by atoms with Crippen molar-refractivity contribution in [1.29, 1.82) is 0 Å². The second-order valence-corrected chi connectivity index (χ2v) is 5.28. The second kappa shape index (κ2) is 7.03. The number of halogens is 1. The quantitative estimate of drug-likeness (QED) is 0.160. The summed E-state index contributed by atoms with van der Waals surface area (Å²) in [5.41, 5.74) is 0.821. The molecule has 2 rings (SSSR count). The highest BCUT2D eigenvalue weighted by Crippen LogP contribution is 2.16. The van der Waals surface area contributed by atoms with Gasteiger partial charge < -0.3 is 4.74 Å². The summed E-state index contributed by atoms with van der Waals surface area (Å²) in [7, 11) is 0. The van der Waals surface area contributed by atoms with Gasteiger partial charge in [-0.15, -0.1) is 0 Å². The molecule has 2 aromatic carbocycles. The first kappa shape index (κ1) is 16.6. The third-order valence-corrected chi connectivity index (χ3v) is 3.32. The van der Waals surface area contributed by atoms with Crippen molar-refractivity contribution in [2.45, 2.75) is 6.92 Å². The van der Waals surface area contributed by atoms with Crippen molar-refractivity contribution in [3.8, 4) is 5.75 Å². The van der Waals surface area contributed by atoms with Gasteiger partial charge in [-0.05, 0) is 31.2 Å². The maximum Gasteiger partial charge on any atom is 0.385 e. The Kier molecular flexibility index (Phi) is 5.09. The van der Waals surface area contributed by atoms with E-state index in [1.807, 2.05) is 6.92 Å². The van der Waals surface area contributed by atoms with E-state index in [-0.39, 0.29) is 11.3 Å². The highest BCUT2D eigenvalue weighted by atomic mass is 35.5. The minimum absolute atomic E-state index is 0.156. The van der Waals surface area contributed by atoms with Crippen molar-refractivity contribution in [1.82, 2.24) is 0 Å². The Hall–Kier alpha value is -2.72. The first-order valence-electron chi connectivity index (χ1n) is 6.71. The molecule has 0 radical (unpaired) electrons. The van der Waals surface area contributed by atoms with E-state index in [9.17, 15) is 14.4 Å². The zero-order valence-corrected chi connectivity index (χ0v) is 13.1. The number of hydrogen-bond acceptors (Lipinski definition) is 4. The van der Waals surface area contributed by atoms with Crippen LogP contribution in [0.2, 0.25) is 5.02 Å². The molecule has 0 saturated carbocycles. The van der Waals surface area contributed by atoms with Crippen LogP contribution in [-0.4, -0.2) is 17.5 Å². The molecule has 0 atom stereocenters. The fourth-order valence-electron chi connectivity index (χ4n) is 1.76. The highest BCUT2D eigenvalue weighted by Gasteiger charge is 2.25. The molecule has 0 spiro atoms. The predicted octanol–water partition coefficient (Wildman–Crippen LogP) is 3.56. The largest absolute Gasteiger partial charge is 0.421 e. The normalized spacial score (nSPS) is 10.0. The van der Waals surface area contributed by atoms with Gasteiger partial charge in [0.25, 0.3) is 5.78 Å². The SMILES string of the molecule is C=C(C(=O)C(=O)Oc1ccc(Cl)cc1)C(=O)c1ccc(C)cc1. The number of Topliss-reactive ketones (excluding diaryl/α,β-unsaturated/α-hetero) is 2. The van der Waals surface area contributed by atoms with Crippen molar-refractivity contribution < 1.29 is 19.1 Å². The molecule has 0 amide bonds. The van der Waals surface area contributed by atoms with Crippen LogP contribution in [0.15, 0.2) is 60.7 Å². The molecule has 0 N–H and O–H groups in total. The molecule has 0 aromatic heterocycles. The first-order chi connectivity index (χ1) is 10.9. The summed E-state index contributed by atoms with van der Waals surface area (Å²) in [4.78, 5) is 35.9. The molecular weight excluding hydrogens is 316 g/mol. The minimum atomic E-state index is -1.17. The van der Waals surface area contributed by atoms with Gasteiger partial charge in [0.15, 0.2) is 5.78 Å². The molecule has 0 unspecified atom stereocenters. The van der Waals surface area contributed by atoms with Crippen molar-refractivity contribution in [3.63, 3.8) is 0 Å². The molecule has 116 valence electrons. The van der Waals surface area contributed by atoms with Gasteiger partial charge in [0, 0.05) is 10.6 Å². The minimum Gasteiger partial charge on any atom is -0.421 e. The van der Waals surface area contributed by atoms with E-state index in [0.29, 0.717) is 5.02 Å². The van der Waals surface area contributed by atoms with E-state index in [2.05, 4.69) is 6.58 Å². The maximum absolute atomic E-state index is 12.2. The molecule has 0 aliphatic heterocycles. The number of aryl methyl sites for hydroxylation is 1. The lowest BCUT2D eigenvalue weighted by atomic mass is 10.0. The molecule has 4 nitrogen and oxygen atoms in total. The smallest absolute Gasteiger partial charge is 0.385 e. The number of esters is 1. The van der Waals surface area contributed by atoms with Crippen LogP contribution in [0.25, 0.3) is 0 Å². The van der Waals surface area contributed by atoms with Gasteiger partial charge in [-0.2, -0.15) is 0 Å². The van der Waals surface area contributed by atoms with Gasteiger partial charge in [0.2, 0.25) is 0 Å². The predicted molar refractivity (Wildman–Crippen MR) is 86.7 cm³/mol. The number of carbonyl (C=O) groups is 3. The number of carbonyl (C=O) groups excluding carboxylic acids is 3. The molecular formula is C18H13ClO4. The van der Waals surface area contributed by atoms with Crippen LogP contribution < -0.4 is 4.74 Å². The molecule has 0 fully saturated rings. The third kappa shape index (κ3) is 4.14. The van der Waals surface area contributed by atoms with E-state index in [4.69, 9.17) is 16.3 Å². The van der Waals surface area contributed by atoms with Crippen LogP contribution in [0.5, 0.6) is 5.75 Å². The fourth-order valence-corrected chi connectivity index (χ4v) is 1.89. The number of rotatable bonds is 5. The summed E-state index contributed by atoms with van der Waals surface area (Å²) in [5.74, 6) is -2.70. The van der Waals surface area contributed by atoms with Gasteiger partial charge in [-0.3, -0.25) is 9.59 Å². The van der Waals surface area contributed by atoms with E-state index >= 15 is 0 Å². The van der Waals surface area contributed by atoms with Gasteiger partial charge in [-0.1, -0.05) is 48.0 Å². The lowest BCUT2D eigenvalue weighted by Gasteiger charge is -2.06. The molecule has 2 aromatic rings. The number of hydrogen-bond donors (Lipinski definition) is 0. The van der Waals surface area contributed by atoms with E-state index in [1.165, 1.54) is 24.3 Å². The molecule has 0 saturated heterocycles. The molecule has 0 heterocycles. The summed E-state index contributed by atoms with van der Waals surface area (Å²) in [6.45, 7) is 5.28. The monoisotopic (exact) mass is 328 g/mol. The zero-order chi connectivity index (χ0) is 17.0. The number of ketones is 2. The van der Waals surface area contributed by atoms with E-state index in [0.717, 1.165) is 5.56 Å². The third-order valence-electron chi connectivity index (χ3n) is 3.07. The molecule has 0 aliphatic carbocycles. The Labute approximate surface area is 138 Å². The lowest BCUT2D eigenvalue weighted by Crippen LogP contribution is -2.25. The average Bonchev–Trinajstić information content (AvgIpc) is 2.55. The van der Waals surface area contributed by atoms with Gasteiger partial charge in [-0.25, -0.2) is 4.79 Å². The van der Waals surface area contributed by atoms with E-state index < -0.39 is 23.1 Å². The van der Waals surface area contributed by atoms with Crippen LogP contribution in [0.3, 0.4) is 0 Å². The Morgan fingerprint density at radius 2 is 1.52 bits per heavy atom. The molecule has 0 aliphatic rings. The van der Waals surface area contributed by atoms with Crippen molar-refractivity contribution >= 4 is 29.1 Å². The summed E-state index contributed by atoms with van der Waals surface area (Å²) < 4.78 is 4.90. The summed E-state index contributed by atoms with van der Waals surface area (Å²) in [6.07, 6.45) is 0. The average molecular weight is 329 g/mol. The Balaban J connectivity index is 2.07. The van der Waals surface area contributed by atoms with Crippen LogP contribution in [-0.2, 0) is 9.59 Å². The van der Waals surface area contributed by atoms with Gasteiger partial charge >= 0.3 is 5.97 Å². The topological polar surface area (TPSA) is 60.4 Å². The maximum atomic E-state index is 12.2. The second-order valence-electron chi connectivity index (χ2n) is 4.85. The van der Waals surface area contributed by atoms with Crippen molar-refractivity contribution in [3.05, 3.63) is 76.8 Å². The molecule has 5 heteroatoms. The van der Waals surface area contributed by atoms with Crippen LogP contribution >= 0.6 is 11.6 Å². The van der Waals surface area contributed by atoms with Crippen LogP contribution in [0.1, 0.15) is 15.9 Å². The standard InChI is InChI=1S/C18H13ClO4/c1-11-3-5-13(6-4-11)16(20)12(2)17(21)18(22)23-15-9-7-14(19)8-10-15/h3-10H,2H2,1H3. The number of benzene rings is 2.